The Labute approximate surface area is 117 Å². The Balaban J connectivity index is 1.74. The summed E-state index contributed by atoms with van der Waals surface area (Å²) in [5.74, 6) is 0. The van der Waals surface area contributed by atoms with Crippen LogP contribution in [-0.2, 0) is 0 Å². The van der Waals surface area contributed by atoms with Crippen LogP contribution in [-0.4, -0.2) is 26.2 Å². The number of nitrogens with one attached hydrogen (secondary N) is 1. The van der Waals surface area contributed by atoms with Crippen molar-refractivity contribution in [3.05, 3.63) is 24.3 Å². The molecule has 0 saturated carbocycles. The van der Waals surface area contributed by atoms with Crippen LogP contribution < -0.4 is 16.0 Å². The minimum absolute atomic E-state index is 0.810. The molecule has 0 bridgehead atoms. The van der Waals surface area contributed by atoms with Crippen LogP contribution >= 0.6 is 0 Å². The highest BCUT2D eigenvalue weighted by Gasteiger charge is 2.10. The van der Waals surface area contributed by atoms with Gasteiger partial charge in [-0.15, -0.1) is 0 Å². The average molecular weight is 261 g/mol. The van der Waals surface area contributed by atoms with E-state index in [1.807, 2.05) is 0 Å². The van der Waals surface area contributed by atoms with Crippen molar-refractivity contribution in [3.8, 4) is 0 Å². The number of hydrogen-bond donors (Lipinski definition) is 2. The molecule has 0 aromatic heterocycles. The number of anilines is 2. The first-order chi connectivity index (χ1) is 9.40. The summed E-state index contributed by atoms with van der Waals surface area (Å²) in [5.41, 5.74) is 8.08. The van der Waals surface area contributed by atoms with Gasteiger partial charge in [-0.1, -0.05) is 6.42 Å². The fourth-order valence-corrected chi connectivity index (χ4v) is 2.62. The lowest BCUT2D eigenvalue weighted by atomic mass is 10.1. The van der Waals surface area contributed by atoms with Gasteiger partial charge < -0.3 is 16.0 Å². The van der Waals surface area contributed by atoms with Crippen LogP contribution in [0.15, 0.2) is 24.3 Å². The van der Waals surface area contributed by atoms with E-state index in [1.54, 1.807) is 0 Å². The van der Waals surface area contributed by atoms with E-state index in [0.717, 1.165) is 19.5 Å². The van der Waals surface area contributed by atoms with Crippen molar-refractivity contribution < 1.29 is 0 Å². The molecule has 1 aliphatic rings. The third-order valence-corrected chi connectivity index (χ3v) is 3.80. The molecule has 3 nitrogen and oxygen atoms in total. The highest BCUT2D eigenvalue weighted by Crippen LogP contribution is 2.21. The Morgan fingerprint density at radius 3 is 2.37 bits per heavy atom. The average Bonchev–Trinajstić information content (AvgIpc) is 2.49. The summed E-state index contributed by atoms with van der Waals surface area (Å²) in [4.78, 5) is 2.49. The number of unbranched alkanes of at least 4 members (excludes halogenated alkanes) is 2. The second-order valence-electron chi connectivity index (χ2n) is 5.37. The summed E-state index contributed by atoms with van der Waals surface area (Å²) in [6.07, 6.45) is 7.61. The normalized spacial score (nSPS) is 15.5. The van der Waals surface area contributed by atoms with Gasteiger partial charge in [-0.2, -0.15) is 0 Å². The van der Waals surface area contributed by atoms with E-state index in [9.17, 15) is 0 Å². The molecular weight excluding hydrogens is 234 g/mol. The molecule has 1 aromatic carbocycles. The standard InChI is InChI=1S/C16H27N3/c17-11-3-1-4-12-18-15-7-9-16(10-8-15)19-13-5-2-6-14-19/h7-10,18H,1-6,11-14,17H2. The maximum atomic E-state index is 5.48. The molecule has 3 heteroatoms. The lowest BCUT2D eigenvalue weighted by Gasteiger charge is -2.28. The van der Waals surface area contributed by atoms with Gasteiger partial charge >= 0.3 is 0 Å². The van der Waals surface area contributed by atoms with Gasteiger partial charge in [-0.25, -0.2) is 0 Å². The van der Waals surface area contributed by atoms with Crippen LogP contribution in [0, 0.1) is 0 Å². The van der Waals surface area contributed by atoms with Crippen molar-refractivity contribution in [2.45, 2.75) is 38.5 Å². The monoisotopic (exact) mass is 261 g/mol. The lowest BCUT2D eigenvalue weighted by Crippen LogP contribution is -2.29. The highest BCUT2D eigenvalue weighted by molar-refractivity contribution is 5.55. The molecule has 1 aromatic rings. The zero-order valence-electron chi connectivity index (χ0n) is 11.9. The Bertz CT molecular complexity index is 342. The SMILES string of the molecule is NCCCCCNc1ccc(N2CCCCC2)cc1. The maximum Gasteiger partial charge on any atom is 0.0367 e. The van der Waals surface area contributed by atoms with Crippen molar-refractivity contribution in [2.24, 2.45) is 5.73 Å². The summed E-state index contributed by atoms with van der Waals surface area (Å²) in [6, 6.07) is 8.89. The van der Waals surface area contributed by atoms with E-state index in [0.29, 0.717) is 0 Å². The Morgan fingerprint density at radius 2 is 1.68 bits per heavy atom. The summed E-state index contributed by atoms with van der Waals surface area (Å²) in [7, 11) is 0. The van der Waals surface area contributed by atoms with Crippen LogP contribution in [0.2, 0.25) is 0 Å². The summed E-state index contributed by atoms with van der Waals surface area (Å²) in [5, 5.41) is 3.47. The van der Waals surface area contributed by atoms with Crippen molar-refractivity contribution in [2.75, 3.05) is 36.4 Å². The van der Waals surface area contributed by atoms with Crippen LogP contribution in [0.3, 0.4) is 0 Å². The van der Waals surface area contributed by atoms with Crippen LogP contribution in [0.5, 0.6) is 0 Å². The molecule has 2 rings (SSSR count). The fraction of sp³-hybridized carbons (Fsp3) is 0.625. The maximum absolute atomic E-state index is 5.48. The molecule has 0 unspecified atom stereocenters. The largest absolute Gasteiger partial charge is 0.385 e. The van der Waals surface area contributed by atoms with E-state index in [-0.39, 0.29) is 0 Å². The zero-order chi connectivity index (χ0) is 13.3. The Kier molecular flexibility index (Phi) is 6.02. The van der Waals surface area contributed by atoms with Crippen LogP contribution in [0.1, 0.15) is 38.5 Å². The number of rotatable bonds is 7. The topological polar surface area (TPSA) is 41.3 Å². The first-order valence-electron chi connectivity index (χ1n) is 7.69. The molecule has 1 heterocycles. The smallest absolute Gasteiger partial charge is 0.0367 e. The third-order valence-electron chi connectivity index (χ3n) is 3.80. The van der Waals surface area contributed by atoms with E-state index in [2.05, 4.69) is 34.5 Å². The van der Waals surface area contributed by atoms with Crippen molar-refractivity contribution in [3.63, 3.8) is 0 Å². The predicted octanol–water partition coefficient (Wildman–Crippen LogP) is 3.22. The van der Waals surface area contributed by atoms with Gasteiger partial charge in [0, 0.05) is 31.0 Å². The molecule has 0 aliphatic carbocycles. The van der Waals surface area contributed by atoms with Gasteiger partial charge in [0.05, 0.1) is 0 Å². The van der Waals surface area contributed by atoms with Crippen molar-refractivity contribution in [1.82, 2.24) is 0 Å². The molecule has 0 amide bonds. The number of nitrogens with two attached hydrogens (primary N) is 1. The summed E-state index contributed by atoms with van der Waals surface area (Å²) in [6.45, 7) is 4.28. The van der Waals surface area contributed by atoms with Gasteiger partial charge in [0.1, 0.15) is 0 Å². The Morgan fingerprint density at radius 1 is 0.947 bits per heavy atom. The molecule has 1 aliphatic heterocycles. The van der Waals surface area contributed by atoms with Gasteiger partial charge in [0.15, 0.2) is 0 Å². The zero-order valence-corrected chi connectivity index (χ0v) is 11.9. The lowest BCUT2D eigenvalue weighted by molar-refractivity contribution is 0.578. The first-order valence-corrected chi connectivity index (χ1v) is 7.69. The van der Waals surface area contributed by atoms with Gasteiger partial charge in [0.2, 0.25) is 0 Å². The predicted molar refractivity (Wildman–Crippen MR) is 83.9 cm³/mol. The van der Waals surface area contributed by atoms with E-state index in [4.69, 9.17) is 5.73 Å². The molecule has 0 radical (unpaired) electrons. The van der Waals surface area contributed by atoms with E-state index in [1.165, 1.54) is 56.6 Å². The summed E-state index contributed by atoms with van der Waals surface area (Å²) >= 11 is 0. The number of piperidine rings is 1. The van der Waals surface area contributed by atoms with Crippen LogP contribution in [0.4, 0.5) is 11.4 Å². The highest BCUT2D eigenvalue weighted by atomic mass is 15.1. The van der Waals surface area contributed by atoms with Crippen molar-refractivity contribution in [1.29, 1.82) is 0 Å². The molecule has 1 saturated heterocycles. The minimum atomic E-state index is 0.810. The van der Waals surface area contributed by atoms with E-state index >= 15 is 0 Å². The molecule has 106 valence electrons. The number of hydrogen-bond acceptors (Lipinski definition) is 3. The molecule has 0 spiro atoms. The quantitative estimate of drug-likeness (QED) is 0.741. The third kappa shape index (κ3) is 4.75. The van der Waals surface area contributed by atoms with E-state index < -0.39 is 0 Å². The second kappa shape index (κ2) is 8.05. The molecule has 0 atom stereocenters. The van der Waals surface area contributed by atoms with Gasteiger partial charge in [-0.05, 0) is 62.9 Å². The fourth-order valence-electron chi connectivity index (χ4n) is 2.62. The van der Waals surface area contributed by atoms with Crippen LogP contribution in [0.25, 0.3) is 0 Å². The minimum Gasteiger partial charge on any atom is -0.385 e. The van der Waals surface area contributed by atoms with Gasteiger partial charge in [-0.3, -0.25) is 0 Å². The first kappa shape index (κ1) is 14.2. The molecular formula is C16H27N3. The molecule has 1 fully saturated rings. The Hall–Kier alpha value is -1.22. The van der Waals surface area contributed by atoms with Gasteiger partial charge in [0.25, 0.3) is 0 Å². The number of nitrogens with zero attached hydrogens (tertiary/aromatic N) is 1. The molecule has 19 heavy (non-hydrogen) atoms. The molecule has 3 N–H and O–H groups in total. The second-order valence-corrected chi connectivity index (χ2v) is 5.37. The number of benzene rings is 1. The summed E-state index contributed by atoms with van der Waals surface area (Å²) < 4.78 is 0. The van der Waals surface area contributed by atoms with Crippen molar-refractivity contribution >= 4 is 11.4 Å².